The highest BCUT2D eigenvalue weighted by Crippen LogP contribution is 2.38. The maximum Gasteiger partial charge on any atom is 0.248 e. The van der Waals surface area contributed by atoms with Gasteiger partial charge in [-0.15, -0.1) is 10.2 Å². The summed E-state index contributed by atoms with van der Waals surface area (Å²) < 4.78 is 6.09. The van der Waals surface area contributed by atoms with Crippen LogP contribution in [0.4, 0.5) is 17.1 Å². The fourth-order valence-corrected chi connectivity index (χ4v) is 5.61. The van der Waals surface area contributed by atoms with Crippen LogP contribution in [0.2, 0.25) is 0 Å². The third kappa shape index (κ3) is 5.29. The van der Waals surface area contributed by atoms with Crippen LogP contribution in [0.15, 0.2) is 168 Å². The van der Waals surface area contributed by atoms with E-state index >= 15 is 0 Å². The van der Waals surface area contributed by atoms with E-state index in [4.69, 9.17) is 14.4 Å². The van der Waals surface area contributed by atoms with Gasteiger partial charge in [0.05, 0.1) is 22.4 Å². The van der Waals surface area contributed by atoms with Gasteiger partial charge in [0, 0.05) is 39.3 Å². The Morgan fingerprint density at radius 2 is 0.826 bits per heavy atom. The van der Waals surface area contributed by atoms with Crippen molar-refractivity contribution in [3.63, 3.8) is 0 Å². The molecule has 0 atom stereocenters. The second kappa shape index (κ2) is 11.9. The maximum atomic E-state index is 6.09. The second-order valence-electron chi connectivity index (χ2n) is 10.8. The summed E-state index contributed by atoms with van der Waals surface area (Å²) in [5.41, 5.74) is 10.2. The van der Waals surface area contributed by atoms with Crippen LogP contribution in [0.3, 0.4) is 0 Å². The number of para-hydroxylation sites is 3. The molecule has 0 saturated heterocycles. The van der Waals surface area contributed by atoms with E-state index < -0.39 is 0 Å². The third-order valence-electron chi connectivity index (χ3n) is 7.83. The van der Waals surface area contributed by atoms with Crippen molar-refractivity contribution < 1.29 is 4.42 Å². The van der Waals surface area contributed by atoms with E-state index in [9.17, 15) is 0 Å². The van der Waals surface area contributed by atoms with Crippen LogP contribution in [0.25, 0.3) is 56.5 Å². The van der Waals surface area contributed by atoms with E-state index in [1.165, 1.54) is 0 Å². The standard InChI is InChI=1S/C40H27N5O/c1-4-13-28(14-5-1)37-38(42-36-22-11-10-21-35(36)41-37)29-23-25-33(26-24-29)45(32-18-8-3-9-19-32)34-20-12-17-31(27-34)40-44-43-39(46-40)30-15-6-2-7-16-30/h1-27H. The van der Waals surface area contributed by atoms with Gasteiger partial charge in [-0.3, -0.25) is 0 Å². The fraction of sp³-hybridized carbons (Fsp3) is 0. The Labute approximate surface area is 266 Å². The number of hydrogen-bond donors (Lipinski definition) is 0. The van der Waals surface area contributed by atoms with E-state index in [0.29, 0.717) is 11.8 Å². The number of benzene rings is 6. The molecule has 0 aliphatic carbocycles. The lowest BCUT2D eigenvalue weighted by Gasteiger charge is -2.26. The van der Waals surface area contributed by atoms with Crippen molar-refractivity contribution in [3.8, 4) is 45.4 Å². The zero-order valence-corrected chi connectivity index (χ0v) is 24.7. The minimum Gasteiger partial charge on any atom is -0.416 e. The summed E-state index contributed by atoms with van der Waals surface area (Å²) in [4.78, 5) is 12.3. The summed E-state index contributed by atoms with van der Waals surface area (Å²) in [7, 11) is 0. The van der Waals surface area contributed by atoms with Gasteiger partial charge in [-0.2, -0.15) is 0 Å². The van der Waals surface area contributed by atoms with Crippen LogP contribution in [-0.4, -0.2) is 20.2 Å². The molecule has 0 aliphatic heterocycles. The van der Waals surface area contributed by atoms with Crippen LogP contribution in [0.5, 0.6) is 0 Å². The zero-order valence-electron chi connectivity index (χ0n) is 24.7. The van der Waals surface area contributed by atoms with Crippen molar-refractivity contribution in [2.45, 2.75) is 0 Å². The van der Waals surface area contributed by atoms with Crippen molar-refractivity contribution in [1.82, 2.24) is 20.2 Å². The lowest BCUT2D eigenvalue weighted by molar-refractivity contribution is 0.584. The molecule has 0 saturated carbocycles. The van der Waals surface area contributed by atoms with E-state index in [1.807, 2.05) is 103 Å². The smallest absolute Gasteiger partial charge is 0.248 e. The van der Waals surface area contributed by atoms with E-state index in [-0.39, 0.29) is 0 Å². The minimum absolute atomic E-state index is 0.465. The minimum atomic E-state index is 0.465. The highest BCUT2D eigenvalue weighted by molar-refractivity contribution is 5.87. The molecule has 218 valence electrons. The van der Waals surface area contributed by atoms with Gasteiger partial charge in [0.25, 0.3) is 0 Å². The predicted octanol–water partition coefficient (Wildman–Crippen LogP) is 10.2. The molecule has 0 fully saturated rings. The molecule has 6 nitrogen and oxygen atoms in total. The maximum absolute atomic E-state index is 6.09. The summed E-state index contributed by atoms with van der Waals surface area (Å²) in [6.07, 6.45) is 0. The SMILES string of the molecule is c1ccc(-c2nnc(-c3cccc(N(c4ccccc4)c4ccc(-c5nc6ccccc6nc5-c5ccccc5)cc4)c3)o2)cc1. The van der Waals surface area contributed by atoms with Crippen molar-refractivity contribution in [3.05, 3.63) is 164 Å². The second-order valence-corrected chi connectivity index (χ2v) is 10.8. The van der Waals surface area contributed by atoms with Crippen LogP contribution >= 0.6 is 0 Å². The van der Waals surface area contributed by atoms with Crippen LogP contribution < -0.4 is 4.90 Å². The van der Waals surface area contributed by atoms with Crippen LogP contribution in [-0.2, 0) is 0 Å². The lowest BCUT2D eigenvalue weighted by Crippen LogP contribution is -2.10. The molecule has 8 aromatic rings. The number of rotatable bonds is 7. The zero-order chi connectivity index (χ0) is 30.7. The summed E-state index contributed by atoms with van der Waals surface area (Å²) in [6, 6.07) is 55.0. The Morgan fingerprint density at radius 3 is 1.46 bits per heavy atom. The Bertz CT molecular complexity index is 2250. The Morgan fingerprint density at radius 1 is 0.370 bits per heavy atom. The largest absolute Gasteiger partial charge is 0.416 e. The molecule has 0 unspecified atom stereocenters. The number of aromatic nitrogens is 4. The van der Waals surface area contributed by atoms with Gasteiger partial charge in [0.2, 0.25) is 11.8 Å². The summed E-state index contributed by atoms with van der Waals surface area (Å²) in [6.45, 7) is 0. The number of anilines is 3. The predicted molar refractivity (Wildman–Crippen MR) is 184 cm³/mol. The quantitative estimate of drug-likeness (QED) is 0.183. The van der Waals surface area contributed by atoms with Crippen LogP contribution in [0.1, 0.15) is 0 Å². The first-order valence-electron chi connectivity index (χ1n) is 15.1. The summed E-state index contributed by atoms with van der Waals surface area (Å²) in [5, 5.41) is 8.66. The molecule has 0 spiro atoms. The molecule has 0 amide bonds. The van der Waals surface area contributed by atoms with E-state index in [0.717, 1.165) is 61.7 Å². The molecule has 8 rings (SSSR count). The molecule has 6 aromatic carbocycles. The van der Waals surface area contributed by atoms with Crippen molar-refractivity contribution in [2.75, 3.05) is 4.90 Å². The molecule has 0 aliphatic rings. The molecule has 2 aromatic heterocycles. The Kier molecular flexibility index (Phi) is 7.05. The van der Waals surface area contributed by atoms with Gasteiger partial charge in [-0.1, -0.05) is 97.1 Å². The lowest BCUT2D eigenvalue weighted by atomic mass is 10.0. The topological polar surface area (TPSA) is 67.9 Å². The highest BCUT2D eigenvalue weighted by Gasteiger charge is 2.18. The van der Waals surface area contributed by atoms with Gasteiger partial charge < -0.3 is 9.32 Å². The monoisotopic (exact) mass is 593 g/mol. The molecule has 0 radical (unpaired) electrons. The molecular formula is C40H27N5O. The fourth-order valence-electron chi connectivity index (χ4n) is 5.61. The molecule has 2 heterocycles. The van der Waals surface area contributed by atoms with Gasteiger partial charge in [0.15, 0.2) is 0 Å². The normalized spacial score (nSPS) is 11.0. The average Bonchev–Trinajstić information content (AvgIpc) is 3.64. The first-order valence-corrected chi connectivity index (χ1v) is 15.1. The molecule has 6 heteroatoms. The number of nitrogens with zero attached hydrogens (tertiary/aromatic N) is 5. The third-order valence-corrected chi connectivity index (χ3v) is 7.83. The first-order chi connectivity index (χ1) is 22.8. The van der Waals surface area contributed by atoms with Crippen LogP contribution in [0, 0.1) is 0 Å². The van der Waals surface area contributed by atoms with Crippen molar-refractivity contribution in [1.29, 1.82) is 0 Å². The van der Waals surface area contributed by atoms with E-state index in [1.54, 1.807) is 0 Å². The molecule has 0 N–H and O–H groups in total. The summed E-state index contributed by atoms with van der Waals surface area (Å²) >= 11 is 0. The Hall–Kier alpha value is -6.40. The number of hydrogen-bond acceptors (Lipinski definition) is 6. The molecule has 0 bridgehead atoms. The highest BCUT2D eigenvalue weighted by atomic mass is 16.4. The summed E-state index contributed by atoms with van der Waals surface area (Å²) in [5.74, 6) is 0.954. The average molecular weight is 594 g/mol. The van der Waals surface area contributed by atoms with Crippen molar-refractivity contribution >= 4 is 28.1 Å². The van der Waals surface area contributed by atoms with Gasteiger partial charge in [0.1, 0.15) is 0 Å². The Balaban J connectivity index is 1.19. The van der Waals surface area contributed by atoms with Crippen molar-refractivity contribution in [2.24, 2.45) is 0 Å². The number of fused-ring (bicyclic) bond motifs is 1. The first kappa shape index (κ1) is 27.2. The molecule has 46 heavy (non-hydrogen) atoms. The molecular weight excluding hydrogens is 566 g/mol. The van der Waals surface area contributed by atoms with Gasteiger partial charge >= 0.3 is 0 Å². The van der Waals surface area contributed by atoms with E-state index in [2.05, 4.69) is 75.8 Å². The van der Waals surface area contributed by atoms with Gasteiger partial charge in [-0.25, -0.2) is 9.97 Å². The van der Waals surface area contributed by atoms with Gasteiger partial charge in [-0.05, 0) is 66.7 Å².